The van der Waals surface area contributed by atoms with Crippen LogP contribution in [0.5, 0.6) is 0 Å². The van der Waals surface area contributed by atoms with Gasteiger partial charge < -0.3 is 15.0 Å². The molecule has 2 N–H and O–H groups in total. The largest absolute Gasteiger partial charge is 0.384 e. The lowest BCUT2D eigenvalue weighted by molar-refractivity contribution is 0.219. The first kappa shape index (κ1) is 19.6. The molecule has 0 bridgehead atoms. The molecule has 4 aromatic heterocycles. The summed E-state index contributed by atoms with van der Waals surface area (Å²) in [5.41, 5.74) is 4.28. The van der Waals surface area contributed by atoms with Crippen LogP contribution < -0.4 is 4.90 Å². The van der Waals surface area contributed by atoms with Gasteiger partial charge in [-0.1, -0.05) is 30.3 Å². The predicted octanol–water partition coefficient (Wildman–Crippen LogP) is 3.22. The number of halogens is 1. The van der Waals surface area contributed by atoms with Crippen molar-refractivity contribution in [2.24, 2.45) is 0 Å². The van der Waals surface area contributed by atoms with Gasteiger partial charge in [0.05, 0.1) is 17.7 Å². The van der Waals surface area contributed by atoms with Crippen LogP contribution in [-0.4, -0.2) is 41.2 Å². The highest BCUT2D eigenvalue weighted by Gasteiger charge is 2.34. The fraction of sp³-hybridized carbons (Fsp3) is 0.167. The summed E-state index contributed by atoms with van der Waals surface area (Å²) in [5.74, 6) is 0.159. The molecule has 1 aliphatic rings. The Labute approximate surface area is 188 Å². The number of rotatable bonds is 4. The third-order valence-electron chi connectivity index (χ3n) is 6.02. The van der Waals surface area contributed by atoms with Crippen LogP contribution in [0, 0.1) is 5.82 Å². The molecule has 1 aliphatic heterocycles. The zero-order valence-corrected chi connectivity index (χ0v) is 17.5. The van der Waals surface area contributed by atoms with Crippen LogP contribution in [0.25, 0.3) is 5.52 Å². The fourth-order valence-electron chi connectivity index (χ4n) is 4.37. The number of nitrogens with zero attached hydrogens (tertiary/aromatic N) is 6. The maximum Gasteiger partial charge on any atom is 0.226 e. The molecular formula is C24H20FN7O. The molecule has 33 heavy (non-hydrogen) atoms. The number of benzene rings is 1. The number of aliphatic hydroxyl groups is 1. The van der Waals surface area contributed by atoms with Crippen molar-refractivity contribution in [2.75, 3.05) is 11.4 Å². The highest BCUT2D eigenvalue weighted by molar-refractivity contribution is 5.53. The van der Waals surface area contributed by atoms with Crippen molar-refractivity contribution in [2.45, 2.75) is 18.6 Å². The second kappa shape index (κ2) is 7.79. The molecule has 0 aliphatic carbocycles. The van der Waals surface area contributed by atoms with E-state index in [2.05, 4.69) is 25.0 Å². The number of nitrogens with one attached hydrogen (secondary N) is 1. The molecule has 0 spiro atoms. The standard InChI is InChI=1S/C24H20FN7O/c25-17-7-4-9-32-20(17)11-19(30-32)22-21-18(28-14-29-21)8-10-31(22)24-26-12-16(13-27-24)23(33)15-5-2-1-3-6-15/h1-7,9,11-14,22-23,33H,8,10H2,(H,28,29)/t22-,23?/m0/s1. The number of hydrogen-bond acceptors (Lipinski definition) is 6. The Hall–Kier alpha value is -4.11. The smallest absolute Gasteiger partial charge is 0.226 e. The second-order valence-corrected chi connectivity index (χ2v) is 8.00. The van der Waals surface area contributed by atoms with Crippen molar-refractivity contribution < 1.29 is 9.50 Å². The van der Waals surface area contributed by atoms with Gasteiger partial charge in [0.15, 0.2) is 0 Å². The normalized spacial score (nSPS) is 16.7. The second-order valence-electron chi connectivity index (χ2n) is 8.00. The summed E-state index contributed by atoms with van der Waals surface area (Å²) >= 11 is 0. The maximum absolute atomic E-state index is 14.3. The molecule has 5 aromatic rings. The zero-order chi connectivity index (χ0) is 22.4. The van der Waals surface area contributed by atoms with Crippen LogP contribution in [0.4, 0.5) is 10.3 Å². The van der Waals surface area contributed by atoms with Crippen LogP contribution in [0.1, 0.15) is 40.4 Å². The van der Waals surface area contributed by atoms with Crippen LogP contribution in [0.2, 0.25) is 0 Å². The van der Waals surface area contributed by atoms with Crippen molar-refractivity contribution in [3.05, 3.63) is 107 Å². The van der Waals surface area contributed by atoms with E-state index in [1.165, 1.54) is 10.6 Å². The van der Waals surface area contributed by atoms with Gasteiger partial charge in [0.2, 0.25) is 5.95 Å². The van der Waals surface area contributed by atoms with Gasteiger partial charge in [-0.15, -0.1) is 0 Å². The van der Waals surface area contributed by atoms with Crippen LogP contribution in [0.15, 0.2) is 73.4 Å². The third kappa shape index (κ3) is 3.33. The highest BCUT2D eigenvalue weighted by atomic mass is 19.1. The Morgan fingerprint density at radius 2 is 1.85 bits per heavy atom. The number of H-pyrrole nitrogens is 1. The lowest BCUT2D eigenvalue weighted by Crippen LogP contribution is -2.37. The number of aliphatic hydroxyl groups excluding tert-OH is 1. The third-order valence-corrected chi connectivity index (χ3v) is 6.02. The average Bonchev–Trinajstić information content (AvgIpc) is 3.51. The molecule has 164 valence electrons. The summed E-state index contributed by atoms with van der Waals surface area (Å²) in [4.78, 5) is 18.9. The molecule has 6 rings (SSSR count). The number of imidazole rings is 1. The zero-order valence-electron chi connectivity index (χ0n) is 17.5. The van der Waals surface area contributed by atoms with Gasteiger partial charge in [-0.25, -0.2) is 23.9 Å². The van der Waals surface area contributed by atoms with Gasteiger partial charge >= 0.3 is 0 Å². The van der Waals surface area contributed by atoms with E-state index in [1.807, 2.05) is 35.2 Å². The average molecular weight is 441 g/mol. The van der Waals surface area contributed by atoms with Crippen LogP contribution in [-0.2, 0) is 6.42 Å². The summed E-state index contributed by atoms with van der Waals surface area (Å²) in [6.45, 7) is 0.636. The van der Waals surface area contributed by atoms with Gasteiger partial charge in [0.1, 0.15) is 23.5 Å². The van der Waals surface area contributed by atoms with Crippen LogP contribution >= 0.6 is 0 Å². The summed E-state index contributed by atoms with van der Waals surface area (Å²) in [7, 11) is 0. The van der Waals surface area contributed by atoms with E-state index in [9.17, 15) is 9.50 Å². The Bertz CT molecular complexity index is 1410. The first-order valence-electron chi connectivity index (χ1n) is 10.7. The molecule has 0 fully saturated rings. The summed E-state index contributed by atoms with van der Waals surface area (Å²) in [5, 5.41) is 15.3. The van der Waals surface area contributed by atoms with Crippen molar-refractivity contribution in [3.8, 4) is 0 Å². The highest BCUT2D eigenvalue weighted by Crippen LogP contribution is 2.35. The van der Waals surface area contributed by atoms with Gasteiger partial charge in [-0.3, -0.25) is 0 Å². The molecule has 8 nitrogen and oxygen atoms in total. The van der Waals surface area contributed by atoms with E-state index in [1.54, 1.807) is 37.1 Å². The Morgan fingerprint density at radius 1 is 1.03 bits per heavy atom. The van der Waals surface area contributed by atoms with Gasteiger partial charge in [0, 0.05) is 42.8 Å². The molecule has 9 heteroatoms. The lowest BCUT2D eigenvalue weighted by Gasteiger charge is -2.34. The molecule has 5 heterocycles. The summed E-state index contributed by atoms with van der Waals surface area (Å²) in [6.07, 6.45) is 6.59. The monoisotopic (exact) mass is 441 g/mol. The van der Waals surface area contributed by atoms with E-state index >= 15 is 0 Å². The van der Waals surface area contributed by atoms with E-state index in [4.69, 9.17) is 0 Å². The molecule has 0 amide bonds. The number of aromatic amines is 1. The van der Waals surface area contributed by atoms with Crippen molar-refractivity contribution in [1.29, 1.82) is 0 Å². The molecule has 1 aromatic carbocycles. The lowest BCUT2D eigenvalue weighted by atomic mass is 10.00. The maximum atomic E-state index is 14.3. The molecule has 0 saturated heterocycles. The molecular weight excluding hydrogens is 421 g/mol. The van der Waals surface area contributed by atoms with Crippen molar-refractivity contribution >= 4 is 11.5 Å². The minimum atomic E-state index is -0.809. The Balaban J connectivity index is 1.38. The van der Waals surface area contributed by atoms with Crippen molar-refractivity contribution in [3.63, 3.8) is 0 Å². The van der Waals surface area contributed by atoms with E-state index < -0.39 is 6.10 Å². The molecule has 1 unspecified atom stereocenters. The first-order chi connectivity index (χ1) is 16.2. The van der Waals surface area contributed by atoms with Crippen LogP contribution in [0.3, 0.4) is 0 Å². The van der Waals surface area contributed by atoms with E-state index in [0.717, 1.165) is 23.4 Å². The van der Waals surface area contributed by atoms with Gasteiger partial charge in [-0.2, -0.15) is 5.10 Å². The molecule has 0 radical (unpaired) electrons. The number of pyridine rings is 1. The van der Waals surface area contributed by atoms with Crippen molar-refractivity contribution in [1.82, 2.24) is 29.5 Å². The minimum absolute atomic E-state index is 0.337. The SMILES string of the molecule is OC(c1ccccc1)c1cnc(N2CCc3[nH]cnc3[C@@H]2c2cc3c(F)cccn3n2)nc1. The number of fused-ring (bicyclic) bond motifs is 2. The number of anilines is 1. The number of aromatic nitrogens is 6. The summed E-state index contributed by atoms with van der Waals surface area (Å²) < 4.78 is 15.9. The Kier molecular flexibility index (Phi) is 4.62. The molecule has 2 atom stereocenters. The quantitative estimate of drug-likeness (QED) is 0.445. The van der Waals surface area contributed by atoms with Gasteiger partial charge in [0.25, 0.3) is 0 Å². The van der Waals surface area contributed by atoms with E-state index in [0.29, 0.717) is 29.3 Å². The summed E-state index contributed by atoms with van der Waals surface area (Å²) in [6, 6.07) is 13.8. The Morgan fingerprint density at radius 3 is 2.64 bits per heavy atom. The minimum Gasteiger partial charge on any atom is -0.384 e. The predicted molar refractivity (Wildman–Crippen MR) is 119 cm³/mol. The first-order valence-corrected chi connectivity index (χ1v) is 10.7. The van der Waals surface area contributed by atoms with E-state index in [-0.39, 0.29) is 11.9 Å². The fourth-order valence-corrected chi connectivity index (χ4v) is 4.37. The molecule has 0 saturated carbocycles. The number of hydrogen-bond donors (Lipinski definition) is 2. The van der Waals surface area contributed by atoms with Gasteiger partial charge in [-0.05, 0) is 23.8 Å². The topological polar surface area (TPSA) is 95.2 Å².